The van der Waals surface area contributed by atoms with Crippen LogP contribution in [0.4, 0.5) is 5.69 Å². The van der Waals surface area contributed by atoms with Crippen molar-refractivity contribution >= 4 is 27.0 Å². The fourth-order valence-corrected chi connectivity index (χ4v) is 5.65. The molecule has 0 spiro atoms. The maximum atomic E-state index is 13.1. The Balaban J connectivity index is 2.00. The Hall–Kier alpha value is -1.37. The summed E-state index contributed by atoms with van der Waals surface area (Å²) >= 11 is 1.28. The van der Waals surface area contributed by atoms with Gasteiger partial charge in [-0.2, -0.15) is 0 Å². The molecule has 0 N–H and O–H groups in total. The third-order valence-electron chi connectivity index (χ3n) is 4.04. The molecule has 1 aromatic heterocycles. The highest BCUT2D eigenvalue weighted by molar-refractivity contribution is 7.94. The maximum Gasteiger partial charge on any atom is 0.274 e. The molecule has 1 aliphatic rings. The Bertz CT molecular complexity index is 691. The van der Waals surface area contributed by atoms with E-state index >= 15 is 0 Å². The van der Waals surface area contributed by atoms with Gasteiger partial charge in [0.05, 0.1) is 5.69 Å². The molecule has 0 amide bonds. The summed E-state index contributed by atoms with van der Waals surface area (Å²) in [6, 6.07) is 12.9. The predicted molar refractivity (Wildman–Crippen MR) is 90.9 cm³/mol. The molecule has 0 unspecified atom stereocenters. The second-order valence-corrected chi connectivity index (χ2v) is 8.59. The summed E-state index contributed by atoms with van der Waals surface area (Å²) in [5.41, 5.74) is 0.755. The molecule has 0 aliphatic carbocycles. The average molecular weight is 336 g/mol. The summed E-state index contributed by atoms with van der Waals surface area (Å²) in [5, 5.41) is 1.81. The van der Waals surface area contributed by atoms with Crippen molar-refractivity contribution in [3.05, 3.63) is 47.8 Å². The van der Waals surface area contributed by atoms with Gasteiger partial charge in [0.25, 0.3) is 10.0 Å². The van der Waals surface area contributed by atoms with E-state index in [-0.39, 0.29) is 6.04 Å². The van der Waals surface area contributed by atoms with Crippen molar-refractivity contribution in [1.82, 2.24) is 4.90 Å². The number of benzene rings is 1. The molecule has 1 saturated heterocycles. The third kappa shape index (κ3) is 3.04. The topological polar surface area (TPSA) is 40.6 Å². The molecule has 3 rings (SSSR count). The molecule has 0 bridgehead atoms. The van der Waals surface area contributed by atoms with Gasteiger partial charge in [0.2, 0.25) is 0 Å². The molecular weight excluding hydrogens is 316 g/mol. The van der Waals surface area contributed by atoms with Gasteiger partial charge >= 0.3 is 0 Å². The summed E-state index contributed by atoms with van der Waals surface area (Å²) in [5.74, 6) is 0. The number of piperidine rings is 1. The Morgan fingerprint density at radius 2 is 1.77 bits per heavy atom. The Morgan fingerprint density at radius 1 is 1.09 bits per heavy atom. The molecule has 0 atom stereocenters. The summed E-state index contributed by atoms with van der Waals surface area (Å²) in [4.78, 5) is 2.25. The number of hydrogen-bond acceptors (Lipinski definition) is 4. The summed E-state index contributed by atoms with van der Waals surface area (Å²) in [6.07, 6.45) is 1.71. The maximum absolute atomic E-state index is 13.1. The number of thiophene rings is 1. The Morgan fingerprint density at radius 3 is 2.36 bits per heavy atom. The lowest BCUT2D eigenvalue weighted by molar-refractivity contribution is 0.257. The van der Waals surface area contributed by atoms with Gasteiger partial charge in [0.15, 0.2) is 0 Å². The highest BCUT2D eigenvalue weighted by Gasteiger charge is 2.33. The summed E-state index contributed by atoms with van der Waals surface area (Å²) < 4.78 is 28.2. The van der Waals surface area contributed by atoms with Gasteiger partial charge in [-0.1, -0.05) is 24.3 Å². The van der Waals surface area contributed by atoms with Gasteiger partial charge in [0.1, 0.15) is 4.21 Å². The molecule has 1 aromatic carbocycles. The minimum atomic E-state index is -3.49. The van der Waals surface area contributed by atoms with Gasteiger partial charge in [-0.3, -0.25) is 4.31 Å². The van der Waals surface area contributed by atoms with Gasteiger partial charge in [-0.05, 0) is 56.6 Å². The molecule has 6 heteroatoms. The van der Waals surface area contributed by atoms with E-state index in [4.69, 9.17) is 0 Å². The minimum Gasteiger partial charge on any atom is -0.306 e. The second-order valence-electron chi connectivity index (χ2n) is 5.60. The molecule has 22 heavy (non-hydrogen) atoms. The number of rotatable bonds is 4. The summed E-state index contributed by atoms with van der Waals surface area (Å²) in [6.45, 7) is 1.85. The number of nitrogens with zero attached hydrogens (tertiary/aromatic N) is 2. The largest absolute Gasteiger partial charge is 0.306 e. The first-order chi connectivity index (χ1) is 10.6. The fraction of sp³-hybridized carbons (Fsp3) is 0.375. The lowest BCUT2D eigenvalue weighted by Gasteiger charge is -2.37. The molecule has 2 aromatic rings. The van der Waals surface area contributed by atoms with Crippen LogP contribution in [-0.2, 0) is 10.0 Å². The number of sulfonamides is 1. The van der Waals surface area contributed by atoms with Crippen molar-refractivity contribution < 1.29 is 8.42 Å². The van der Waals surface area contributed by atoms with E-state index in [2.05, 4.69) is 11.9 Å². The van der Waals surface area contributed by atoms with E-state index in [0.29, 0.717) is 4.21 Å². The minimum absolute atomic E-state index is 0.0192. The zero-order chi connectivity index (χ0) is 15.6. The van der Waals surface area contributed by atoms with E-state index in [1.807, 2.05) is 35.7 Å². The quantitative estimate of drug-likeness (QED) is 0.862. The third-order valence-corrected chi connectivity index (χ3v) is 7.29. The van der Waals surface area contributed by atoms with E-state index in [0.717, 1.165) is 31.6 Å². The summed E-state index contributed by atoms with van der Waals surface area (Å²) in [7, 11) is -1.41. The van der Waals surface area contributed by atoms with Crippen LogP contribution in [0.25, 0.3) is 0 Å². The van der Waals surface area contributed by atoms with Crippen LogP contribution in [0.5, 0.6) is 0 Å². The van der Waals surface area contributed by atoms with Gasteiger partial charge < -0.3 is 4.90 Å². The van der Waals surface area contributed by atoms with Crippen LogP contribution in [0.2, 0.25) is 0 Å². The first kappa shape index (κ1) is 15.5. The smallest absolute Gasteiger partial charge is 0.274 e. The fourth-order valence-electron chi connectivity index (χ4n) is 2.86. The van der Waals surface area contributed by atoms with Crippen LogP contribution in [0.3, 0.4) is 0 Å². The molecule has 0 saturated carbocycles. The molecule has 4 nitrogen and oxygen atoms in total. The monoisotopic (exact) mass is 336 g/mol. The number of hydrogen-bond donors (Lipinski definition) is 0. The molecule has 2 heterocycles. The number of anilines is 1. The molecule has 1 aliphatic heterocycles. The van der Waals surface area contributed by atoms with Crippen LogP contribution >= 0.6 is 11.3 Å². The molecule has 0 radical (unpaired) electrons. The van der Waals surface area contributed by atoms with Gasteiger partial charge in [-0.25, -0.2) is 8.42 Å². The first-order valence-corrected chi connectivity index (χ1v) is 9.72. The number of para-hydroxylation sites is 1. The molecule has 1 fully saturated rings. The number of likely N-dealkylation sites (tertiary alicyclic amines) is 1. The van der Waals surface area contributed by atoms with Gasteiger partial charge in [-0.15, -0.1) is 11.3 Å². The molecule has 118 valence electrons. The van der Waals surface area contributed by atoms with Crippen LogP contribution in [0, 0.1) is 0 Å². The van der Waals surface area contributed by atoms with E-state index in [9.17, 15) is 8.42 Å². The van der Waals surface area contributed by atoms with Crippen molar-refractivity contribution in [3.63, 3.8) is 0 Å². The Labute approximate surface area is 136 Å². The predicted octanol–water partition coefficient (Wildman–Crippen LogP) is 3.04. The van der Waals surface area contributed by atoms with Crippen LogP contribution in [0.15, 0.2) is 52.1 Å². The zero-order valence-electron chi connectivity index (χ0n) is 12.6. The lowest BCUT2D eigenvalue weighted by Crippen LogP contribution is -2.46. The van der Waals surface area contributed by atoms with E-state index in [1.165, 1.54) is 11.3 Å². The standard InChI is InChI=1S/C16H20N2O2S2/c1-17-11-9-15(10-12-17)18(14-6-3-2-4-7-14)22(19,20)16-8-5-13-21-16/h2-8,13,15H,9-12H2,1H3. The second kappa shape index (κ2) is 6.40. The van der Waals surface area contributed by atoms with E-state index < -0.39 is 10.0 Å². The average Bonchev–Trinajstić information content (AvgIpc) is 3.06. The van der Waals surface area contributed by atoms with E-state index in [1.54, 1.807) is 16.4 Å². The van der Waals surface area contributed by atoms with Crippen molar-refractivity contribution in [1.29, 1.82) is 0 Å². The van der Waals surface area contributed by atoms with Crippen molar-refractivity contribution in [2.24, 2.45) is 0 Å². The SMILES string of the molecule is CN1CCC(N(c2ccccc2)S(=O)(=O)c2cccs2)CC1. The molecular formula is C16H20N2O2S2. The van der Waals surface area contributed by atoms with Crippen molar-refractivity contribution in [2.75, 3.05) is 24.4 Å². The van der Waals surface area contributed by atoms with Crippen LogP contribution in [0.1, 0.15) is 12.8 Å². The Kier molecular flexibility index (Phi) is 4.52. The highest BCUT2D eigenvalue weighted by atomic mass is 32.2. The normalized spacial score (nSPS) is 17.5. The zero-order valence-corrected chi connectivity index (χ0v) is 14.2. The van der Waals surface area contributed by atoms with Crippen LogP contribution < -0.4 is 4.31 Å². The first-order valence-electron chi connectivity index (χ1n) is 7.40. The van der Waals surface area contributed by atoms with Gasteiger partial charge in [0, 0.05) is 6.04 Å². The van der Waals surface area contributed by atoms with Crippen molar-refractivity contribution in [3.8, 4) is 0 Å². The van der Waals surface area contributed by atoms with Crippen molar-refractivity contribution in [2.45, 2.75) is 23.1 Å². The highest BCUT2D eigenvalue weighted by Crippen LogP contribution is 2.31. The lowest BCUT2D eigenvalue weighted by atomic mass is 10.1. The van der Waals surface area contributed by atoms with Crippen LogP contribution in [-0.4, -0.2) is 39.5 Å².